The van der Waals surface area contributed by atoms with Gasteiger partial charge in [-0.1, -0.05) is 11.6 Å². The van der Waals surface area contributed by atoms with Crippen LogP contribution in [0.1, 0.15) is 25.7 Å². The lowest BCUT2D eigenvalue weighted by Gasteiger charge is -2.36. The van der Waals surface area contributed by atoms with Crippen molar-refractivity contribution in [2.75, 3.05) is 13.2 Å². The van der Waals surface area contributed by atoms with Crippen LogP contribution in [0.3, 0.4) is 0 Å². The fourth-order valence-electron chi connectivity index (χ4n) is 1.91. The molecule has 0 aromatic heterocycles. The van der Waals surface area contributed by atoms with Gasteiger partial charge in [0.1, 0.15) is 5.75 Å². The van der Waals surface area contributed by atoms with E-state index in [-0.39, 0.29) is 12.3 Å². The number of hydrogen-bond donors (Lipinski definition) is 2. The molecule has 0 aliphatic heterocycles. The minimum Gasteiger partial charge on any atom is -0.493 e. The van der Waals surface area contributed by atoms with E-state index in [4.69, 9.17) is 16.3 Å². The zero-order valence-corrected chi connectivity index (χ0v) is 11.4. The Hall–Kier alpha value is -1.26. The maximum Gasteiger partial charge on any atom is 0.223 e. The van der Waals surface area contributed by atoms with Gasteiger partial charge in [0.25, 0.3) is 0 Å². The predicted molar refractivity (Wildman–Crippen MR) is 73.4 cm³/mol. The van der Waals surface area contributed by atoms with Crippen LogP contribution in [0.2, 0.25) is 5.02 Å². The van der Waals surface area contributed by atoms with Crippen molar-refractivity contribution >= 4 is 17.5 Å². The third-order valence-electron chi connectivity index (χ3n) is 3.31. The smallest absolute Gasteiger partial charge is 0.223 e. The molecule has 4 nitrogen and oxygen atoms in total. The van der Waals surface area contributed by atoms with Crippen LogP contribution >= 0.6 is 11.6 Å². The predicted octanol–water partition coefficient (Wildman–Crippen LogP) is 2.14. The summed E-state index contributed by atoms with van der Waals surface area (Å²) in [4.78, 5) is 11.6. The Kier molecular flexibility index (Phi) is 4.66. The van der Waals surface area contributed by atoms with Gasteiger partial charge in [-0.3, -0.25) is 4.79 Å². The van der Waals surface area contributed by atoms with E-state index >= 15 is 0 Å². The van der Waals surface area contributed by atoms with Gasteiger partial charge in [0.2, 0.25) is 5.91 Å². The van der Waals surface area contributed by atoms with Crippen LogP contribution in [-0.2, 0) is 4.79 Å². The first-order valence-corrected chi connectivity index (χ1v) is 6.83. The van der Waals surface area contributed by atoms with Crippen LogP contribution in [0.4, 0.5) is 0 Å². The summed E-state index contributed by atoms with van der Waals surface area (Å²) in [6.07, 6.45) is 2.86. The van der Waals surface area contributed by atoms with Crippen molar-refractivity contribution in [3.63, 3.8) is 0 Å². The molecule has 0 heterocycles. The summed E-state index contributed by atoms with van der Waals surface area (Å²) in [6, 6.07) is 7.00. The third-order valence-corrected chi connectivity index (χ3v) is 3.56. The quantitative estimate of drug-likeness (QED) is 0.841. The van der Waals surface area contributed by atoms with E-state index in [2.05, 4.69) is 5.32 Å². The van der Waals surface area contributed by atoms with Crippen molar-refractivity contribution in [1.82, 2.24) is 5.32 Å². The molecule has 104 valence electrons. The number of hydrogen-bond acceptors (Lipinski definition) is 3. The van der Waals surface area contributed by atoms with Crippen molar-refractivity contribution < 1.29 is 14.6 Å². The molecule has 1 aromatic rings. The van der Waals surface area contributed by atoms with Gasteiger partial charge in [-0.05, 0) is 43.5 Å². The number of aliphatic hydroxyl groups is 1. The van der Waals surface area contributed by atoms with E-state index in [1.165, 1.54) is 0 Å². The van der Waals surface area contributed by atoms with Crippen LogP contribution < -0.4 is 10.1 Å². The van der Waals surface area contributed by atoms with Crippen molar-refractivity contribution in [1.29, 1.82) is 0 Å². The Balaban J connectivity index is 1.62. The average Bonchev–Trinajstić information content (AvgIpc) is 2.36. The van der Waals surface area contributed by atoms with Crippen LogP contribution in [0.5, 0.6) is 5.75 Å². The Bertz CT molecular complexity index is 429. The average molecular weight is 284 g/mol. The number of amides is 1. The number of carbonyl (C=O) groups is 1. The molecule has 19 heavy (non-hydrogen) atoms. The highest BCUT2D eigenvalue weighted by atomic mass is 35.5. The van der Waals surface area contributed by atoms with Gasteiger partial charge in [-0.25, -0.2) is 0 Å². The minimum atomic E-state index is -0.674. The highest BCUT2D eigenvalue weighted by Crippen LogP contribution is 2.30. The molecule has 1 aromatic carbocycles. The van der Waals surface area contributed by atoms with E-state index in [1.54, 1.807) is 24.3 Å². The molecular weight excluding hydrogens is 266 g/mol. The summed E-state index contributed by atoms with van der Waals surface area (Å²) >= 11 is 5.76. The Morgan fingerprint density at radius 1 is 1.37 bits per heavy atom. The second-order valence-corrected chi connectivity index (χ2v) is 5.34. The largest absolute Gasteiger partial charge is 0.493 e. The molecule has 5 heteroatoms. The normalized spacial score (nSPS) is 16.5. The van der Waals surface area contributed by atoms with Crippen molar-refractivity contribution in [2.24, 2.45) is 0 Å². The monoisotopic (exact) mass is 283 g/mol. The summed E-state index contributed by atoms with van der Waals surface area (Å²) in [6.45, 7) is 0.651. The topological polar surface area (TPSA) is 58.6 Å². The molecule has 1 aliphatic carbocycles. The number of benzene rings is 1. The molecule has 2 rings (SSSR count). The molecule has 0 saturated heterocycles. The van der Waals surface area contributed by atoms with Crippen molar-refractivity contribution in [2.45, 2.75) is 31.3 Å². The molecular formula is C14H18ClNO3. The fraction of sp³-hybridized carbons (Fsp3) is 0.500. The van der Waals surface area contributed by atoms with Gasteiger partial charge in [-0.15, -0.1) is 0 Å². The molecule has 0 bridgehead atoms. The minimum absolute atomic E-state index is 0.103. The lowest BCUT2D eigenvalue weighted by Crippen LogP contribution is -2.47. The number of halogens is 1. The number of rotatable bonds is 6. The van der Waals surface area contributed by atoms with Gasteiger partial charge in [0.15, 0.2) is 0 Å². The van der Waals surface area contributed by atoms with Crippen LogP contribution in [0.15, 0.2) is 24.3 Å². The third kappa shape index (κ3) is 4.40. The van der Waals surface area contributed by atoms with E-state index in [0.717, 1.165) is 19.3 Å². The SMILES string of the molecule is O=C(CCOc1ccc(Cl)cc1)NCC1(O)CCC1. The van der Waals surface area contributed by atoms with E-state index in [9.17, 15) is 9.90 Å². The molecule has 0 radical (unpaired) electrons. The first kappa shape index (κ1) is 14.2. The zero-order chi connectivity index (χ0) is 13.7. The first-order chi connectivity index (χ1) is 9.07. The van der Waals surface area contributed by atoms with Crippen molar-refractivity contribution in [3.05, 3.63) is 29.3 Å². The maximum absolute atomic E-state index is 11.6. The van der Waals surface area contributed by atoms with E-state index < -0.39 is 5.60 Å². The molecule has 2 N–H and O–H groups in total. The van der Waals surface area contributed by atoms with Crippen LogP contribution in [0, 0.1) is 0 Å². The van der Waals surface area contributed by atoms with Gasteiger partial charge >= 0.3 is 0 Å². The van der Waals surface area contributed by atoms with E-state index in [0.29, 0.717) is 23.9 Å². The number of carbonyl (C=O) groups excluding carboxylic acids is 1. The summed E-state index contributed by atoms with van der Waals surface area (Å²) in [7, 11) is 0. The summed E-state index contributed by atoms with van der Waals surface area (Å²) in [5.41, 5.74) is -0.674. The Morgan fingerprint density at radius 3 is 2.63 bits per heavy atom. The van der Waals surface area contributed by atoms with Crippen molar-refractivity contribution in [3.8, 4) is 5.75 Å². The Labute approximate surface area is 117 Å². The van der Waals surface area contributed by atoms with Crippen LogP contribution in [0.25, 0.3) is 0 Å². The second kappa shape index (κ2) is 6.26. The first-order valence-electron chi connectivity index (χ1n) is 6.45. The molecule has 1 amide bonds. The highest BCUT2D eigenvalue weighted by Gasteiger charge is 2.34. The number of ether oxygens (including phenoxy) is 1. The summed E-state index contributed by atoms with van der Waals surface area (Å²) in [5.74, 6) is 0.587. The van der Waals surface area contributed by atoms with Gasteiger partial charge in [-0.2, -0.15) is 0 Å². The van der Waals surface area contributed by atoms with Gasteiger partial charge < -0.3 is 15.2 Å². The van der Waals surface area contributed by atoms with Gasteiger partial charge in [0, 0.05) is 11.6 Å². The molecule has 1 aliphatic rings. The molecule has 0 atom stereocenters. The standard InChI is InChI=1S/C14H18ClNO3/c15-11-2-4-12(5-3-11)19-9-6-13(17)16-10-14(18)7-1-8-14/h2-5,18H,1,6-10H2,(H,16,17). The van der Waals surface area contributed by atoms with E-state index in [1.807, 2.05) is 0 Å². The highest BCUT2D eigenvalue weighted by molar-refractivity contribution is 6.30. The summed E-state index contributed by atoms with van der Waals surface area (Å²) in [5, 5.41) is 13.2. The second-order valence-electron chi connectivity index (χ2n) is 4.91. The zero-order valence-electron chi connectivity index (χ0n) is 10.7. The summed E-state index contributed by atoms with van der Waals surface area (Å²) < 4.78 is 5.42. The van der Waals surface area contributed by atoms with Gasteiger partial charge in [0.05, 0.1) is 18.6 Å². The molecule has 1 saturated carbocycles. The molecule has 1 fully saturated rings. The Morgan fingerprint density at radius 2 is 2.05 bits per heavy atom. The lowest BCUT2D eigenvalue weighted by molar-refractivity contribution is -0.124. The maximum atomic E-state index is 11.6. The molecule has 0 unspecified atom stereocenters. The lowest BCUT2D eigenvalue weighted by atomic mass is 9.80. The van der Waals surface area contributed by atoms with Crippen LogP contribution in [-0.4, -0.2) is 29.8 Å². The number of nitrogens with one attached hydrogen (secondary N) is 1. The fourth-order valence-corrected chi connectivity index (χ4v) is 2.03. The molecule has 0 spiro atoms.